The van der Waals surface area contributed by atoms with E-state index in [1.807, 2.05) is 36.4 Å². The molecule has 2 atom stereocenters. The van der Waals surface area contributed by atoms with Crippen LogP contribution in [0.3, 0.4) is 0 Å². The minimum absolute atomic E-state index is 0.0449. The molecular formula is C21H26NO6P. The number of alkyl carbamates (subject to hydrolysis) is 1. The fourth-order valence-corrected chi connectivity index (χ4v) is 4.29. The third-order valence-corrected chi connectivity index (χ3v) is 6.35. The van der Waals surface area contributed by atoms with E-state index in [2.05, 4.69) is 5.32 Å². The quantitative estimate of drug-likeness (QED) is 0.450. The fraction of sp³-hybridized carbons (Fsp3) is 0.333. The van der Waals surface area contributed by atoms with Crippen LogP contribution in [0.25, 0.3) is 0 Å². The fourth-order valence-electron chi connectivity index (χ4n) is 2.67. The lowest BCUT2D eigenvalue weighted by molar-refractivity contribution is -0.142. The molecule has 0 spiro atoms. The second-order valence-corrected chi connectivity index (χ2v) is 9.03. The predicted octanol–water partition coefficient (Wildman–Crippen LogP) is 3.71. The lowest BCUT2D eigenvalue weighted by Crippen LogP contribution is -2.37. The molecule has 8 heteroatoms. The Morgan fingerprint density at radius 1 is 1.00 bits per heavy atom. The van der Waals surface area contributed by atoms with E-state index in [0.717, 1.165) is 11.1 Å². The molecule has 0 saturated carbocycles. The average Bonchev–Trinajstić information content (AvgIpc) is 2.72. The average molecular weight is 419 g/mol. The van der Waals surface area contributed by atoms with Crippen LogP contribution in [0, 0.1) is 0 Å². The molecule has 0 heterocycles. The van der Waals surface area contributed by atoms with Crippen molar-refractivity contribution in [1.82, 2.24) is 5.32 Å². The van der Waals surface area contributed by atoms with Crippen LogP contribution in [0.2, 0.25) is 0 Å². The van der Waals surface area contributed by atoms with Gasteiger partial charge in [-0.15, -0.1) is 0 Å². The summed E-state index contributed by atoms with van der Waals surface area (Å²) in [5.41, 5.74) is 1.59. The molecule has 1 amide bonds. The van der Waals surface area contributed by atoms with Gasteiger partial charge in [-0.3, -0.25) is 9.36 Å². The number of hydrogen-bond acceptors (Lipinski definition) is 5. The third-order valence-electron chi connectivity index (χ3n) is 4.20. The van der Waals surface area contributed by atoms with Gasteiger partial charge in [0.2, 0.25) is 7.37 Å². The normalized spacial score (nSPS) is 13.7. The predicted molar refractivity (Wildman–Crippen MR) is 110 cm³/mol. The van der Waals surface area contributed by atoms with Crippen molar-refractivity contribution in [3.05, 3.63) is 71.8 Å². The van der Waals surface area contributed by atoms with Crippen molar-refractivity contribution >= 4 is 19.4 Å². The molecule has 0 aliphatic carbocycles. The number of nitrogens with one attached hydrogen (secondary N) is 1. The second kappa shape index (κ2) is 11.4. The van der Waals surface area contributed by atoms with E-state index in [4.69, 9.17) is 9.47 Å². The molecule has 0 fully saturated rings. The topological polar surface area (TPSA) is 102 Å². The van der Waals surface area contributed by atoms with Crippen molar-refractivity contribution in [3.8, 4) is 0 Å². The molecule has 0 bridgehead atoms. The summed E-state index contributed by atoms with van der Waals surface area (Å²) in [5.74, 6) is -1.63. The summed E-state index contributed by atoms with van der Waals surface area (Å²) in [7, 11) is -3.91. The first kappa shape index (κ1) is 22.7. The SMILES string of the molecule is CCOC(=O)CCP(=O)(O)[C@@H](Cc1ccccc1)NC(=O)OCc1ccccc1. The molecule has 2 aromatic rings. The number of esters is 1. The Balaban J connectivity index is 2.04. The van der Waals surface area contributed by atoms with Crippen molar-refractivity contribution in [2.45, 2.75) is 32.2 Å². The van der Waals surface area contributed by atoms with Gasteiger partial charge >= 0.3 is 12.1 Å². The number of rotatable bonds is 10. The maximum Gasteiger partial charge on any atom is 0.408 e. The number of carbonyl (C=O) groups excluding carboxylic acids is 2. The van der Waals surface area contributed by atoms with Crippen LogP contribution in [0.5, 0.6) is 0 Å². The Hall–Kier alpha value is -2.63. The van der Waals surface area contributed by atoms with E-state index < -0.39 is 25.2 Å². The van der Waals surface area contributed by atoms with E-state index in [0.29, 0.717) is 0 Å². The standard InChI is InChI=1S/C21H26NO6P/c1-2-27-20(23)13-14-29(25,26)19(15-17-9-5-3-6-10-17)22-21(24)28-16-18-11-7-4-8-12-18/h3-12,19H,2,13-16H2,1H3,(H,22,24)(H,25,26)/t19-/m0/s1. The van der Waals surface area contributed by atoms with E-state index >= 15 is 0 Å². The molecule has 1 unspecified atom stereocenters. The first-order chi connectivity index (χ1) is 13.9. The third kappa shape index (κ3) is 8.10. The Kier molecular flexibility index (Phi) is 8.90. The van der Waals surface area contributed by atoms with Crippen molar-refractivity contribution in [3.63, 3.8) is 0 Å². The van der Waals surface area contributed by atoms with Gasteiger partial charge in [0.05, 0.1) is 13.0 Å². The van der Waals surface area contributed by atoms with Gasteiger partial charge in [-0.25, -0.2) is 4.79 Å². The van der Waals surface area contributed by atoms with E-state index in [9.17, 15) is 19.0 Å². The maximum atomic E-state index is 12.9. The Morgan fingerprint density at radius 2 is 1.59 bits per heavy atom. The highest BCUT2D eigenvalue weighted by Crippen LogP contribution is 2.47. The Bertz CT molecular complexity index is 828. The molecule has 29 heavy (non-hydrogen) atoms. The molecule has 7 nitrogen and oxygen atoms in total. The summed E-state index contributed by atoms with van der Waals surface area (Å²) < 4.78 is 22.9. The van der Waals surface area contributed by atoms with E-state index in [1.165, 1.54) is 0 Å². The van der Waals surface area contributed by atoms with Crippen LogP contribution in [0.15, 0.2) is 60.7 Å². The summed E-state index contributed by atoms with van der Waals surface area (Å²) in [6.45, 7) is 1.91. The minimum Gasteiger partial charge on any atom is -0.466 e. The summed E-state index contributed by atoms with van der Waals surface area (Å²) in [5, 5.41) is 2.51. The molecule has 0 aliphatic heterocycles. The van der Waals surface area contributed by atoms with Crippen molar-refractivity contribution in [1.29, 1.82) is 0 Å². The van der Waals surface area contributed by atoms with Crippen molar-refractivity contribution < 1.29 is 28.5 Å². The van der Waals surface area contributed by atoms with Gasteiger partial charge in [0, 0.05) is 12.6 Å². The van der Waals surface area contributed by atoms with Crippen LogP contribution in [0.1, 0.15) is 24.5 Å². The summed E-state index contributed by atoms with van der Waals surface area (Å²) in [6.07, 6.45) is -1.14. The molecule has 0 saturated heterocycles. The number of ether oxygens (including phenoxy) is 2. The molecule has 156 valence electrons. The van der Waals surface area contributed by atoms with Crippen LogP contribution in [0.4, 0.5) is 4.79 Å². The number of carbonyl (C=O) groups is 2. The highest BCUT2D eigenvalue weighted by molar-refractivity contribution is 7.58. The Morgan fingerprint density at radius 3 is 2.17 bits per heavy atom. The van der Waals surface area contributed by atoms with E-state index in [1.54, 1.807) is 31.2 Å². The highest BCUT2D eigenvalue weighted by Gasteiger charge is 2.33. The highest BCUT2D eigenvalue weighted by atomic mass is 31.2. The van der Waals surface area contributed by atoms with Crippen molar-refractivity contribution in [2.24, 2.45) is 0 Å². The number of hydrogen-bond donors (Lipinski definition) is 2. The lowest BCUT2D eigenvalue weighted by atomic mass is 10.1. The monoisotopic (exact) mass is 419 g/mol. The molecule has 2 N–H and O–H groups in total. The number of amides is 1. The molecule has 0 aromatic heterocycles. The van der Waals surface area contributed by atoms with Gasteiger partial charge < -0.3 is 19.7 Å². The smallest absolute Gasteiger partial charge is 0.408 e. The zero-order valence-corrected chi connectivity index (χ0v) is 17.2. The number of benzene rings is 2. The van der Waals surface area contributed by atoms with E-state index in [-0.39, 0.29) is 32.2 Å². The largest absolute Gasteiger partial charge is 0.466 e. The molecule has 0 aliphatic rings. The lowest BCUT2D eigenvalue weighted by Gasteiger charge is -2.24. The summed E-state index contributed by atoms with van der Waals surface area (Å²) in [6, 6.07) is 18.2. The molecule has 2 aromatic carbocycles. The van der Waals surface area contributed by atoms with Crippen molar-refractivity contribution in [2.75, 3.05) is 12.8 Å². The zero-order chi connectivity index (χ0) is 21.1. The minimum atomic E-state index is -3.91. The molecule has 0 radical (unpaired) electrons. The molecule has 2 rings (SSSR count). The van der Waals surface area contributed by atoms with Crippen LogP contribution in [-0.2, 0) is 31.9 Å². The van der Waals surface area contributed by atoms with Crippen LogP contribution in [-0.4, -0.2) is 35.5 Å². The van der Waals surface area contributed by atoms with Crippen LogP contribution < -0.4 is 5.32 Å². The summed E-state index contributed by atoms with van der Waals surface area (Å²) >= 11 is 0. The zero-order valence-electron chi connectivity index (χ0n) is 16.3. The van der Waals surface area contributed by atoms with Gasteiger partial charge in [0.1, 0.15) is 12.4 Å². The van der Waals surface area contributed by atoms with Gasteiger partial charge in [-0.2, -0.15) is 0 Å². The first-order valence-electron chi connectivity index (χ1n) is 9.39. The van der Waals surface area contributed by atoms with Gasteiger partial charge in [-0.1, -0.05) is 60.7 Å². The second-order valence-electron chi connectivity index (χ2n) is 6.45. The maximum absolute atomic E-state index is 12.9. The van der Waals surface area contributed by atoms with Gasteiger partial charge in [-0.05, 0) is 18.1 Å². The first-order valence-corrected chi connectivity index (χ1v) is 11.3. The van der Waals surface area contributed by atoms with Gasteiger partial charge in [0.15, 0.2) is 0 Å². The molecular weight excluding hydrogens is 393 g/mol. The van der Waals surface area contributed by atoms with Gasteiger partial charge in [0.25, 0.3) is 0 Å². The Labute approximate surface area is 170 Å². The summed E-state index contributed by atoms with van der Waals surface area (Å²) in [4.78, 5) is 34.4. The van der Waals surface area contributed by atoms with Crippen LogP contribution >= 0.6 is 7.37 Å².